The molecule has 2 N–H and O–H groups in total. The van der Waals surface area contributed by atoms with Crippen LogP contribution in [0.25, 0.3) is 0 Å². The van der Waals surface area contributed by atoms with E-state index in [1.165, 1.54) is 14.2 Å². The third-order valence-electron chi connectivity index (χ3n) is 7.33. The van der Waals surface area contributed by atoms with E-state index in [4.69, 9.17) is 18.9 Å². The zero-order valence-corrected chi connectivity index (χ0v) is 27.0. The zero-order valence-electron chi connectivity index (χ0n) is 27.0. The third kappa shape index (κ3) is 13.7. The lowest BCUT2D eigenvalue weighted by Gasteiger charge is -2.28. The highest BCUT2D eigenvalue weighted by molar-refractivity contribution is 5.82. The van der Waals surface area contributed by atoms with E-state index in [2.05, 4.69) is 23.8 Å². The average molecular weight is 595 g/mol. The fourth-order valence-corrected chi connectivity index (χ4v) is 4.46. The first-order valence-corrected chi connectivity index (χ1v) is 14.9. The van der Waals surface area contributed by atoms with Gasteiger partial charge in [0.2, 0.25) is 0 Å². The lowest BCUT2D eigenvalue weighted by molar-refractivity contribution is -0.146. The standard InChI is InChI=1S/2C16H27NO4/c2*1-6-7-8-9-11-10-12(11)21-15(19)17-13(14(18)20-5)16(2,3)4/h2*6,11-13H,1,7-10H2,2-5H3,(H,17,19)/t11-,12-,13+;11-,12-,13-/m01/s1. The van der Waals surface area contributed by atoms with Gasteiger partial charge in [-0.15, -0.1) is 13.2 Å². The van der Waals surface area contributed by atoms with Crippen molar-refractivity contribution in [3.05, 3.63) is 25.3 Å². The normalized spacial score (nSPS) is 22.1. The van der Waals surface area contributed by atoms with Crippen LogP contribution in [0.15, 0.2) is 25.3 Å². The molecule has 6 atom stereocenters. The summed E-state index contributed by atoms with van der Waals surface area (Å²) in [5.41, 5.74) is -0.863. The highest BCUT2D eigenvalue weighted by Gasteiger charge is 2.42. The van der Waals surface area contributed by atoms with Gasteiger partial charge in [0, 0.05) is 0 Å². The lowest BCUT2D eigenvalue weighted by Crippen LogP contribution is -2.50. The molecule has 2 amide bonds. The van der Waals surface area contributed by atoms with Gasteiger partial charge in [0.15, 0.2) is 0 Å². The summed E-state index contributed by atoms with van der Waals surface area (Å²) >= 11 is 0. The van der Waals surface area contributed by atoms with E-state index in [1.807, 2.05) is 53.7 Å². The molecule has 10 nitrogen and oxygen atoms in total. The van der Waals surface area contributed by atoms with Crippen molar-refractivity contribution >= 4 is 24.1 Å². The number of hydrogen-bond acceptors (Lipinski definition) is 8. The maximum atomic E-state index is 11.9. The Labute approximate surface area is 252 Å². The Hall–Kier alpha value is -3.04. The van der Waals surface area contributed by atoms with Crippen molar-refractivity contribution in [3.63, 3.8) is 0 Å². The van der Waals surface area contributed by atoms with Gasteiger partial charge in [0.05, 0.1) is 14.2 Å². The Kier molecular flexibility index (Phi) is 15.1. The van der Waals surface area contributed by atoms with Gasteiger partial charge in [-0.3, -0.25) is 0 Å². The van der Waals surface area contributed by atoms with E-state index in [0.29, 0.717) is 11.8 Å². The molecule has 0 saturated heterocycles. The van der Waals surface area contributed by atoms with E-state index in [-0.39, 0.29) is 12.2 Å². The molecule has 0 spiro atoms. The van der Waals surface area contributed by atoms with Crippen molar-refractivity contribution in [1.82, 2.24) is 10.6 Å². The van der Waals surface area contributed by atoms with Gasteiger partial charge >= 0.3 is 24.1 Å². The molecule has 0 unspecified atom stereocenters. The molecule has 0 aliphatic heterocycles. The second kappa shape index (κ2) is 17.2. The van der Waals surface area contributed by atoms with E-state index in [1.54, 1.807) is 0 Å². The van der Waals surface area contributed by atoms with Crippen molar-refractivity contribution in [3.8, 4) is 0 Å². The van der Waals surface area contributed by atoms with Crippen LogP contribution in [0.2, 0.25) is 0 Å². The molecule has 2 fully saturated rings. The fraction of sp³-hybridized carbons (Fsp3) is 0.750. The smallest absolute Gasteiger partial charge is 0.408 e. The van der Waals surface area contributed by atoms with Gasteiger partial charge in [-0.25, -0.2) is 19.2 Å². The van der Waals surface area contributed by atoms with Crippen LogP contribution >= 0.6 is 0 Å². The minimum absolute atomic E-state index is 0.0203. The van der Waals surface area contributed by atoms with Crippen molar-refractivity contribution in [2.75, 3.05) is 14.2 Å². The Morgan fingerprint density at radius 1 is 0.714 bits per heavy atom. The van der Waals surface area contributed by atoms with Gasteiger partial charge in [-0.05, 0) is 74.0 Å². The van der Waals surface area contributed by atoms with Crippen LogP contribution in [0.5, 0.6) is 0 Å². The average Bonchev–Trinajstić information content (AvgIpc) is 3.82. The number of ether oxygens (including phenoxy) is 4. The number of hydrogen-bond donors (Lipinski definition) is 2. The van der Waals surface area contributed by atoms with Crippen LogP contribution < -0.4 is 10.6 Å². The molecule has 0 bridgehead atoms. The van der Waals surface area contributed by atoms with Crippen LogP contribution in [0, 0.1) is 22.7 Å². The maximum absolute atomic E-state index is 11.9. The fourth-order valence-electron chi connectivity index (χ4n) is 4.46. The summed E-state index contributed by atoms with van der Waals surface area (Å²) in [5.74, 6) is -0.0283. The summed E-state index contributed by atoms with van der Waals surface area (Å²) < 4.78 is 20.1. The van der Waals surface area contributed by atoms with Crippen LogP contribution in [0.4, 0.5) is 9.59 Å². The second-order valence-corrected chi connectivity index (χ2v) is 13.3. The maximum Gasteiger partial charge on any atom is 0.408 e. The summed E-state index contributed by atoms with van der Waals surface area (Å²) in [4.78, 5) is 47.2. The molecule has 0 radical (unpaired) electrons. The van der Waals surface area contributed by atoms with Gasteiger partial charge in [0.25, 0.3) is 0 Å². The number of nitrogens with one attached hydrogen (secondary N) is 2. The van der Waals surface area contributed by atoms with Crippen LogP contribution in [0.3, 0.4) is 0 Å². The third-order valence-corrected chi connectivity index (χ3v) is 7.33. The summed E-state index contributed by atoms with van der Waals surface area (Å²) in [6.07, 6.45) is 10.7. The molecule has 2 aliphatic rings. The minimum Gasteiger partial charge on any atom is -0.467 e. The summed E-state index contributed by atoms with van der Waals surface area (Å²) in [6.45, 7) is 18.6. The van der Waals surface area contributed by atoms with E-state index < -0.39 is 47.0 Å². The van der Waals surface area contributed by atoms with Gasteiger partial charge < -0.3 is 29.6 Å². The number of unbranched alkanes of at least 4 members (excludes halogenated alkanes) is 2. The van der Waals surface area contributed by atoms with Crippen LogP contribution in [-0.4, -0.2) is 62.6 Å². The van der Waals surface area contributed by atoms with E-state index >= 15 is 0 Å². The molecule has 10 heteroatoms. The number of esters is 2. The Morgan fingerprint density at radius 2 is 1.05 bits per heavy atom. The van der Waals surface area contributed by atoms with Crippen molar-refractivity contribution in [2.24, 2.45) is 22.7 Å². The van der Waals surface area contributed by atoms with Crippen LogP contribution in [-0.2, 0) is 28.5 Å². The Bertz CT molecular complexity index is 846. The highest BCUT2D eigenvalue weighted by atomic mass is 16.6. The van der Waals surface area contributed by atoms with Crippen molar-refractivity contribution in [1.29, 1.82) is 0 Å². The number of carbonyl (C=O) groups is 4. The molecule has 42 heavy (non-hydrogen) atoms. The SMILES string of the molecule is C=CCCC[C@@H]1C[C@H]1OC(=O)N[C@H](C(=O)OC)C(C)(C)C.C=CCCC[C@H]1C[C@@H]1OC(=O)N[C@H](C(=O)OC)C(C)(C)C. The molecule has 2 saturated carbocycles. The lowest BCUT2D eigenvalue weighted by atomic mass is 9.87. The number of amides is 2. The Morgan fingerprint density at radius 3 is 1.31 bits per heavy atom. The minimum atomic E-state index is -0.715. The molecule has 2 aliphatic carbocycles. The van der Waals surface area contributed by atoms with Gasteiger partial charge in [0.1, 0.15) is 24.3 Å². The van der Waals surface area contributed by atoms with Gasteiger partial charge in [-0.1, -0.05) is 53.7 Å². The van der Waals surface area contributed by atoms with Crippen molar-refractivity contribution in [2.45, 2.75) is 117 Å². The first-order valence-electron chi connectivity index (χ1n) is 14.9. The molecular formula is C32H54N2O8. The number of alkyl carbamates (subject to hydrolysis) is 2. The summed E-state index contributed by atoms with van der Waals surface area (Å²) in [5, 5.41) is 5.23. The second-order valence-electron chi connectivity index (χ2n) is 13.3. The van der Waals surface area contributed by atoms with E-state index in [0.717, 1.165) is 51.4 Å². The zero-order chi connectivity index (χ0) is 32.1. The number of rotatable bonds is 14. The molecule has 0 heterocycles. The summed E-state index contributed by atoms with van der Waals surface area (Å²) in [7, 11) is 2.62. The Balaban J connectivity index is 0.000000420. The molecule has 0 aromatic carbocycles. The topological polar surface area (TPSA) is 129 Å². The van der Waals surface area contributed by atoms with E-state index in [9.17, 15) is 19.2 Å². The van der Waals surface area contributed by atoms with Crippen LogP contribution in [0.1, 0.15) is 92.9 Å². The first kappa shape index (κ1) is 37.0. The van der Waals surface area contributed by atoms with Gasteiger partial charge in [-0.2, -0.15) is 0 Å². The molecule has 0 aromatic heterocycles. The van der Waals surface area contributed by atoms with Crippen molar-refractivity contribution < 1.29 is 38.1 Å². The summed E-state index contributed by atoms with van der Waals surface area (Å²) in [6, 6.07) is -1.43. The molecule has 0 aromatic rings. The molecular weight excluding hydrogens is 540 g/mol. The largest absolute Gasteiger partial charge is 0.467 e. The molecule has 240 valence electrons. The quantitative estimate of drug-likeness (QED) is 0.107. The predicted octanol–water partition coefficient (Wildman–Crippen LogP) is 6.09. The molecule has 2 rings (SSSR count). The number of methoxy groups -OCH3 is 2. The highest BCUT2D eigenvalue weighted by Crippen LogP contribution is 2.39. The number of carbonyl (C=O) groups excluding carboxylic acids is 4. The predicted molar refractivity (Wildman–Crippen MR) is 162 cm³/mol. The number of allylic oxidation sites excluding steroid dienone is 2. The first-order chi connectivity index (χ1) is 19.6. The monoisotopic (exact) mass is 594 g/mol.